The number of hydrogen-bond acceptors (Lipinski definition) is 4. The van der Waals surface area contributed by atoms with Crippen molar-refractivity contribution >= 4 is 18.0 Å². The Labute approximate surface area is 200 Å². The maximum absolute atomic E-state index is 12.5. The molecule has 182 valence electrons. The van der Waals surface area contributed by atoms with E-state index in [0.29, 0.717) is 19.3 Å². The number of hydrogen-bond donors (Lipinski definition) is 3. The van der Waals surface area contributed by atoms with Gasteiger partial charge < -0.3 is 20.5 Å². The summed E-state index contributed by atoms with van der Waals surface area (Å²) in [5.74, 6) is -1.23. The second-order valence-electron chi connectivity index (χ2n) is 9.20. The number of nitrogens with one attached hydrogen (secondary N) is 2. The van der Waals surface area contributed by atoms with Crippen LogP contribution in [0.25, 0.3) is 11.1 Å². The standard InChI is InChI=1S/C27H34N2O5/c1-4-18(13-14-25(30)29-24(26(31)32)15-17(2)3)28-27(33)34-16-23-21-11-7-5-9-19(21)20-10-6-8-12-22(20)23/h5-12,17-18,23-24H,4,13-16H2,1-3H3,(H,28,33)(H,29,30)(H,31,32)/t18?,24-/m1/s1. The highest BCUT2D eigenvalue weighted by molar-refractivity contribution is 5.83. The van der Waals surface area contributed by atoms with Crippen molar-refractivity contribution in [2.45, 2.75) is 64.5 Å². The molecule has 0 aliphatic heterocycles. The Morgan fingerprint density at radius 2 is 1.56 bits per heavy atom. The molecule has 0 saturated carbocycles. The van der Waals surface area contributed by atoms with Crippen LogP contribution < -0.4 is 10.6 Å². The first kappa shape index (κ1) is 25.3. The van der Waals surface area contributed by atoms with Crippen LogP contribution in [0.1, 0.15) is 63.5 Å². The number of carbonyl (C=O) groups is 3. The van der Waals surface area contributed by atoms with Crippen molar-refractivity contribution in [1.29, 1.82) is 0 Å². The van der Waals surface area contributed by atoms with Gasteiger partial charge in [0.1, 0.15) is 12.6 Å². The Kier molecular flexibility index (Phi) is 8.68. The Hall–Kier alpha value is -3.35. The van der Waals surface area contributed by atoms with E-state index < -0.39 is 18.1 Å². The van der Waals surface area contributed by atoms with Crippen LogP contribution in [0.15, 0.2) is 48.5 Å². The van der Waals surface area contributed by atoms with Crippen molar-refractivity contribution in [2.75, 3.05) is 6.61 Å². The topological polar surface area (TPSA) is 105 Å². The quantitative estimate of drug-likeness (QED) is 0.445. The third-order valence-electron chi connectivity index (χ3n) is 6.22. The third-order valence-corrected chi connectivity index (χ3v) is 6.22. The van der Waals surface area contributed by atoms with Crippen LogP contribution in [0.2, 0.25) is 0 Å². The molecule has 0 radical (unpaired) electrons. The summed E-state index contributed by atoms with van der Waals surface area (Å²) in [6.07, 6.45) is 1.02. The van der Waals surface area contributed by atoms with Crippen molar-refractivity contribution in [3.05, 3.63) is 59.7 Å². The lowest BCUT2D eigenvalue weighted by atomic mass is 9.98. The SMILES string of the molecule is CCC(CCC(=O)N[C@H](CC(C)C)C(=O)O)NC(=O)OCC1c2ccccc2-c2ccccc21. The maximum Gasteiger partial charge on any atom is 0.407 e. The molecule has 1 aliphatic rings. The summed E-state index contributed by atoms with van der Waals surface area (Å²) in [5, 5.41) is 14.7. The lowest BCUT2D eigenvalue weighted by molar-refractivity contribution is -0.142. The molecule has 1 aliphatic carbocycles. The number of carboxylic acids is 1. The lowest BCUT2D eigenvalue weighted by Crippen LogP contribution is -2.42. The minimum absolute atomic E-state index is 0.0158. The highest BCUT2D eigenvalue weighted by Gasteiger charge is 2.29. The fourth-order valence-electron chi connectivity index (χ4n) is 4.45. The molecule has 1 unspecified atom stereocenters. The van der Waals surface area contributed by atoms with Gasteiger partial charge in [-0.25, -0.2) is 9.59 Å². The van der Waals surface area contributed by atoms with Crippen LogP contribution in [0.3, 0.4) is 0 Å². The molecule has 7 nitrogen and oxygen atoms in total. The zero-order valence-corrected chi connectivity index (χ0v) is 20.0. The Balaban J connectivity index is 1.50. The van der Waals surface area contributed by atoms with Gasteiger partial charge in [-0.3, -0.25) is 4.79 Å². The van der Waals surface area contributed by atoms with Crippen molar-refractivity contribution in [2.24, 2.45) is 5.92 Å². The van der Waals surface area contributed by atoms with Crippen LogP contribution >= 0.6 is 0 Å². The van der Waals surface area contributed by atoms with E-state index in [4.69, 9.17) is 4.74 Å². The number of alkyl carbamates (subject to hydrolysis) is 1. The predicted octanol–water partition coefficient (Wildman–Crippen LogP) is 4.70. The number of fused-ring (bicyclic) bond motifs is 3. The summed E-state index contributed by atoms with van der Waals surface area (Å²) >= 11 is 0. The summed E-state index contributed by atoms with van der Waals surface area (Å²) in [6, 6.07) is 15.2. The average Bonchev–Trinajstić information content (AvgIpc) is 3.13. The Morgan fingerprint density at radius 3 is 2.09 bits per heavy atom. The van der Waals surface area contributed by atoms with E-state index in [1.165, 1.54) is 11.1 Å². The fraction of sp³-hybridized carbons (Fsp3) is 0.444. The van der Waals surface area contributed by atoms with Crippen molar-refractivity contribution in [1.82, 2.24) is 10.6 Å². The molecule has 0 aromatic heterocycles. The zero-order chi connectivity index (χ0) is 24.7. The molecule has 0 bridgehead atoms. The second-order valence-corrected chi connectivity index (χ2v) is 9.20. The van der Waals surface area contributed by atoms with Gasteiger partial charge in [0.05, 0.1) is 0 Å². The highest BCUT2D eigenvalue weighted by Crippen LogP contribution is 2.44. The Morgan fingerprint density at radius 1 is 0.971 bits per heavy atom. The van der Waals surface area contributed by atoms with Crippen LogP contribution in [-0.4, -0.2) is 41.8 Å². The van der Waals surface area contributed by atoms with Crippen LogP contribution in [0.4, 0.5) is 4.79 Å². The molecule has 7 heteroatoms. The molecular formula is C27H34N2O5. The van der Waals surface area contributed by atoms with Crippen molar-refractivity contribution in [3.63, 3.8) is 0 Å². The van der Waals surface area contributed by atoms with Gasteiger partial charge in [0.2, 0.25) is 5.91 Å². The number of amides is 2. The number of benzene rings is 2. The minimum atomic E-state index is -1.04. The first-order chi connectivity index (χ1) is 16.3. The molecule has 2 atom stereocenters. The summed E-state index contributed by atoms with van der Waals surface area (Å²) < 4.78 is 5.59. The van der Waals surface area contributed by atoms with E-state index in [1.807, 2.05) is 45.0 Å². The second kappa shape index (κ2) is 11.7. The van der Waals surface area contributed by atoms with Gasteiger partial charge in [0, 0.05) is 18.4 Å². The largest absolute Gasteiger partial charge is 0.480 e. The molecular weight excluding hydrogens is 432 g/mol. The summed E-state index contributed by atoms with van der Waals surface area (Å²) in [4.78, 5) is 36.1. The maximum atomic E-state index is 12.5. The summed E-state index contributed by atoms with van der Waals surface area (Å²) in [7, 11) is 0. The smallest absolute Gasteiger partial charge is 0.407 e. The molecule has 3 N–H and O–H groups in total. The van der Waals surface area contributed by atoms with E-state index in [0.717, 1.165) is 11.1 Å². The number of ether oxygens (including phenoxy) is 1. The van der Waals surface area contributed by atoms with Gasteiger partial charge in [-0.2, -0.15) is 0 Å². The number of carboxylic acid groups (broad SMARTS) is 1. The van der Waals surface area contributed by atoms with Gasteiger partial charge >= 0.3 is 12.1 Å². The predicted molar refractivity (Wildman–Crippen MR) is 131 cm³/mol. The number of rotatable bonds is 11. The molecule has 34 heavy (non-hydrogen) atoms. The molecule has 0 saturated heterocycles. The van der Waals surface area contributed by atoms with Crippen LogP contribution in [0, 0.1) is 5.92 Å². The van der Waals surface area contributed by atoms with Crippen molar-refractivity contribution in [3.8, 4) is 11.1 Å². The first-order valence-corrected chi connectivity index (χ1v) is 11.9. The molecule has 0 spiro atoms. The first-order valence-electron chi connectivity index (χ1n) is 11.9. The van der Waals surface area contributed by atoms with E-state index >= 15 is 0 Å². The molecule has 3 rings (SSSR count). The van der Waals surface area contributed by atoms with Gasteiger partial charge in [-0.1, -0.05) is 69.3 Å². The molecule has 0 fully saturated rings. The zero-order valence-electron chi connectivity index (χ0n) is 20.0. The van der Waals surface area contributed by atoms with E-state index in [-0.39, 0.29) is 36.8 Å². The van der Waals surface area contributed by atoms with E-state index in [9.17, 15) is 19.5 Å². The van der Waals surface area contributed by atoms with E-state index in [1.54, 1.807) is 0 Å². The van der Waals surface area contributed by atoms with Crippen LogP contribution in [-0.2, 0) is 14.3 Å². The number of aliphatic carboxylic acids is 1. The van der Waals surface area contributed by atoms with Crippen molar-refractivity contribution < 1.29 is 24.2 Å². The van der Waals surface area contributed by atoms with Gasteiger partial charge in [0.15, 0.2) is 0 Å². The fourth-order valence-corrected chi connectivity index (χ4v) is 4.45. The molecule has 2 aromatic carbocycles. The number of carbonyl (C=O) groups excluding carboxylic acids is 2. The monoisotopic (exact) mass is 466 g/mol. The van der Waals surface area contributed by atoms with Crippen LogP contribution in [0.5, 0.6) is 0 Å². The minimum Gasteiger partial charge on any atom is -0.480 e. The average molecular weight is 467 g/mol. The normalized spacial score (nSPS) is 14.1. The van der Waals surface area contributed by atoms with Gasteiger partial charge in [-0.15, -0.1) is 0 Å². The van der Waals surface area contributed by atoms with E-state index in [2.05, 4.69) is 34.9 Å². The summed E-state index contributed by atoms with van der Waals surface area (Å²) in [6.45, 7) is 5.97. The molecule has 0 heterocycles. The lowest BCUT2D eigenvalue weighted by Gasteiger charge is -2.20. The Bertz CT molecular complexity index is 974. The summed E-state index contributed by atoms with van der Waals surface area (Å²) in [5.41, 5.74) is 4.63. The molecule has 2 aromatic rings. The highest BCUT2D eigenvalue weighted by atomic mass is 16.5. The van der Waals surface area contributed by atoms with Gasteiger partial charge in [-0.05, 0) is 47.4 Å². The molecule has 2 amide bonds. The van der Waals surface area contributed by atoms with Gasteiger partial charge in [0.25, 0.3) is 0 Å². The third kappa shape index (κ3) is 6.37.